The number of hydrogen-bond acceptors (Lipinski definition) is 1. The molecule has 0 heterocycles. The van der Waals surface area contributed by atoms with E-state index in [2.05, 4.69) is 31.7 Å². The second-order valence-corrected chi connectivity index (χ2v) is 4.81. The van der Waals surface area contributed by atoms with Crippen LogP contribution in [0.2, 0.25) is 0 Å². The Labute approximate surface area is 86.5 Å². The predicted octanol–water partition coefficient (Wildman–Crippen LogP) is 2.77. The van der Waals surface area contributed by atoms with Gasteiger partial charge in [0.25, 0.3) is 0 Å². The molecule has 0 aliphatic heterocycles. The van der Waals surface area contributed by atoms with E-state index in [-0.39, 0.29) is 6.10 Å². The van der Waals surface area contributed by atoms with E-state index in [1.807, 2.05) is 0 Å². The van der Waals surface area contributed by atoms with Crippen molar-refractivity contribution in [1.82, 2.24) is 0 Å². The predicted molar refractivity (Wildman–Crippen MR) is 58.8 cm³/mol. The average molecular weight is 192 g/mol. The summed E-state index contributed by atoms with van der Waals surface area (Å²) in [6.07, 6.45) is 9.71. The normalized spacial score (nSPS) is 47.1. The fraction of sp³-hybridized carbons (Fsp3) is 0.692. The molecule has 1 unspecified atom stereocenters. The lowest BCUT2D eigenvalue weighted by molar-refractivity contribution is 0.00941. The van der Waals surface area contributed by atoms with Crippen LogP contribution in [0.1, 0.15) is 26.2 Å². The van der Waals surface area contributed by atoms with Crippen LogP contribution in [0, 0.1) is 23.7 Å². The lowest BCUT2D eigenvalue weighted by Gasteiger charge is -2.43. The lowest BCUT2D eigenvalue weighted by Crippen LogP contribution is -2.40. The van der Waals surface area contributed by atoms with Gasteiger partial charge in [0.1, 0.15) is 0 Å². The Kier molecular flexibility index (Phi) is 2.78. The molecule has 0 aromatic carbocycles. The molecular formula is C13H20O. The summed E-state index contributed by atoms with van der Waals surface area (Å²) in [5.74, 6) is 2.28. The summed E-state index contributed by atoms with van der Waals surface area (Å²) in [5.41, 5.74) is 0. The van der Waals surface area contributed by atoms with Gasteiger partial charge in [-0.2, -0.15) is 0 Å². The van der Waals surface area contributed by atoms with Gasteiger partial charge in [-0.25, -0.2) is 0 Å². The van der Waals surface area contributed by atoms with Gasteiger partial charge in [0, 0.05) is 0 Å². The molecule has 14 heavy (non-hydrogen) atoms. The van der Waals surface area contributed by atoms with Gasteiger partial charge in [-0.15, -0.1) is 6.58 Å². The van der Waals surface area contributed by atoms with Crippen molar-refractivity contribution in [2.75, 3.05) is 0 Å². The van der Waals surface area contributed by atoms with E-state index < -0.39 is 0 Å². The third-order valence-corrected chi connectivity index (χ3v) is 4.12. The van der Waals surface area contributed by atoms with Crippen molar-refractivity contribution in [3.63, 3.8) is 0 Å². The van der Waals surface area contributed by atoms with Crippen molar-refractivity contribution in [2.45, 2.75) is 32.3 Å². The highest BCUT2D eigenvalue weighted by molar-refractivity contribution is 5.06. The van der Waals surface area contributed by atoms with E-state index in [1.165, 1.54) is 12.8 Å². The summed E-state index contributed by atoms with van der Waals surface area (Å²) in [5, 5.41) is 10.0. The zero-order valence-corrected chi connectivity index (χ0v) is 8.89. The van der Waals surface area contributed by atoms with E-state index in [0.717, 1.165) is 6.42 Å². The maximum Gasteiger partial charge on any atom is 0.0611 e. The van der Waals surface area contributed by atoms with Crippen molar-refractivity contribution in [2.24, 2.45) is 23.7 Å². The Morgan fingerprint density at radius 2 is 2.21 bits per heavy atom. The Balaban J connectivity index is 2.18. The summed E-state index contributed by atoms with van der Waals surface area (Å²) in [6.45, 7) is 6.17. The van der Waals surface area contributed by atoms with Gasteiger partial charge in [-0.05, 0) is 42.9 Å². The minimum absolute atomic E-state index is 0.122. The Hall–Kier alpha value is -0.560. The molecule has 0 aromatic heterocycles. The van der Waals surface area contributed by atoms with E-state index in [9.17, 15) is 5.11 Å². The number of fused-ring (bicyclic) bond motifs is 1. The molecule has 0 radical (unpaired) electrons. The quantitative estimate of drug-likeness (QED) is 0.633. The number of allylic oxidation sites excluding steroid dienone is 2. The minimum Gasteiger partial charge on any atom is -0.392 e. The minimum atomic E-state index is -0.122. The third kappa shape index (κ3) is 1.54. The third-order valence-electron chi connectivity index (χ3n) is 4.12. The van der Waals surface area contributed by atoms with Crippen molar-refractivity contribution in [1.29, 1.82) is 0 Å². The smallest absolute Gasteiger partial charge is 0.0611 e. The molecule has 2 aliphatic carbocycles. The maximum atomic E-state index is 10.0. The standard InChI is InChI=1S/C13H20O/c1-3-10-7-8-11-5-4-6-12(14)13(11)9(10)2/h3-5,9-14H,1,6-8H2,2H3/t9-,10+,11-,12?,13+/m0/s1. The molecule has 1 fully saturated rings. The molecule has 2 aliphatic rings. The lowest BCUT2D eigenvalue weighted by atomic mass is 9.63. The molecule has 1 N–H and O–H groups in total. The number of aliphatic hydroxyl groups excluding tert-OH is 1. The van der Waals surface area contributed by atoms with Crippen LogP contribution >= 0.6 is 0 Å². The van der Waals surface area contributed by atoms with Crippen LogP contribution in [0.3, 0.4) is 0 Å². The van der Waals surface area contributed by atoms with Gasteiger partial charge in [0.15, 0.2) is 0 Å². The van der Waals surface area contributed by atoms with Crippen LogP contribution in [0.5, 0.6) is 0 Å². The fourth-order valence-corrected chi connectivity index (χ4v) is 3.26. The highest BCUT2D eigenvalue weighted by Gasteiger charge is 2.39. The second-order valence-electron chi connectivity index (χ2n) is 4.81. The van der Waals surface area contributed by atoms with E-state index in [1.54, 1.807) is 0 Å². The average Bonchev–Trinajstić information content (AvgIpc) is 2.18. The van der Waals surface area contributed by atoms with Gasteiger partial charge in [-0.1, -0.05) is 25.2 Å². The van der Waals surface area contributed by atoms with Crippen molar-refractivity contribution in [3.05, 3.63) is 24.8 Å². The molecule has 1 heteroatoms. The fourth-order valence-electron chi connectivity index (χ4n) is 3.26. The van der Waals surface area contributed by atoms with E-state index in [4.69, 9.17) is 0 Å². The monoisotopic (exact) mass is 192 g/mol. The molecule has 0 amide bonds. The summed E-state index contributed by atoms with van der Waals surface area (Å²) < 4.78 is 0. The van der Waals surface area contributed by atoms with Crippen molar-refractivity contribution >= 4 is 0 Å². The van der Waals surface area contributed by atoms with Crippen molar-refractivity contribution in [3.8, 4) is 0 Å². The maximum absolute atomic E-state index is 10.0. The topological polar surface area (TPSA) is 20.2 Å². The molecule has 0 aromatic rings. The van der Waals surface area contributed by atoms with Crippen LogP contribution in [0.25, 0.3) is 0 Å². The molecule has 0 spiro atoms. The van der Waals surface area contributed by atoms with Gasteiger partial charge in [-0.3, -0.25) is 0 Å². The summed E-state index contributed by atoms with van der Waals surface area (Å²) >= 11 is 0. The van der Waals surface area contributed by atoms with Crippen LogP contribution in [0.4, 0.5) is 0 Å². The molecule has 2 rings (SSSR count). The summed E-state index contributed by atoms with van der Waals surface area (Å²) in [7, 11) is 0. The van der Waals surface area contributed by atoms with Crippen molar-refractivity contribution < 1.29 is 5.11 Å². The highest BCUT2D eigenvalue weighted by atomic mass is 16.3. The first-order valence-corrected chi connectivity index (χ1v) is 5.71. The van der Waals surface area contributed by atoms with Gasteiger partial charge in [0.2, 0.25) is 0 Å². The Morgan fingerprint density at radius 1 is 1.43 bits per heavy atom. The first-order valence-electron chi connectivity index (χ1n) is 5.71. The summed E-state index contributed by atoms with van der Waals surface area (Å²) in [6, 6.07) is 0. The molecule has 0 saturated heterocycles. The summed E-state index contributed by atoms with van der Waals surface area (Å²) in [4.78, 5) is 0. The zero-order valence-electron chi connectivity index (χ0n) is 8.89. The van der Waals surface area contributed by atoms with Gasteiger partial charge >= 0.3 is 0 Å². The van der Waals surface area contributed by atoms with Gasteiger partial charge < -0.3 is 5.11 Å². The Morgan fingerprint density at radius 3 is 2.93 bits per heavy atom. The van der Waals surface area contributed by atoms with Crippen LogP contribution < -0.4 is 0 Å². The molecule has 5 atom stereocenters. The zero-order chi connectivity index (χ0) is 10.1. The number of aliphatic hydroxyl groups is 1. The SMILES string of the molecule is C=C[C@@H]1CC[C@@H]2C=CCC(O)[C@@H]2[C@H]1C. The van der Waals surface area contributed by atoms with Crippen LogP contribution in [-0.4, -0.2) is 11.2 Å². The second kappa shape index (κ2) is 3.90. The molecule has 0 bridgehead atoms. The van der Waals surface area contributed by atoms with E-state index in [0.29, 0.717) is 23.7 Å². The Bertz CT molecular complexity index is 244. The first-order chi connectivity index (χ1) is 6.74. The molecular weight excluding hydrogens is 172 g/mol. The number of rotatable bonds is 1. The van der Waals surface area contributed by atoms with E-state index >= 15 is 0 Å². The molecule has 78 valence electrons. The van der Waals surface area contributed by atoms with Gasteiger partial charge in [0.05, 0.1) is 6.10 Å². The first kappa shape index (κ1) is 9.97. The molecule has 1 saturated carbocycles. The van der Waals surface area contributed by atoms with Crippen LogP contribution in [-0.2, 0) is 0 Å². The molecule has 1 nitrogen and oxygen atoms in total. The van der Waals surface area contributed by atoms with Crippen LogP contribution in [0.15, 0.2) is 24.8 Å². The highest BCUT2D eigenvalue weighted by Crippen LogP contribution is 2.44. The largest absolute Gasteiger partial charge is 0.392 e. The number of hydrogen-bond donors (Lipinski definition) is 1.